The molecule has 0 atom stereocenters. The largest absolute Gasteiger partial charge is 0.463 e. The Bertz CT molecular complexity index is 445. The second kappa shape index (κ2) is 6.47. The fourth-order valence-electron chi connectivity index (χ4n) is 2.04. The number of methoxy groups -OCH3 is 1. The summed E-state index contributed by atoms with van der Waals surface area (Å²) < 4.78 is 9.95. The molecule has 0 spiro atoms. The molecule has 0 aromatic carbocycles. The summed E-state index contributed by atoms with van der Waals surface area (Å²) in [5.41, 5.74) is 0.741. The highest BCUT2D eigenvalue weighted by molar-refractivity contribution is 5.85. The van der Waals surface area contributed by atoms with Gasteiger partial charge in [-0.3, -0.25) is 0 Å². The lowest BCUT2D eigenvalue weighted by Crippen LogP contribution is -2.23. The zero-order valence-corrected chi connectivity index (χ0v) is 11.3. The molecule has 0 unspecified atom stereocenters. The van der Waals surface area contributed by atoms with Gasteiger partial charge in [0.2, 0.25) is 5.82 Å². The van der Waals surface area contributed by atoms with E-state index in [1.807, 2.05) is 13.0 Å². The molecule has 1 N–H and O–H groups in total. The van der Waals surface area contributed by atoms with Crippen molar-refractivity contribution < 1.29 is 14.3 Å². The number of hydrogen-bond donors (Lipinski definition) is 1. The van der Waals surface area contributed by atoms with E-state index in [9.17, 15) is 4.79 Å². The summed E-state index contributed by atoms with van der Waals surface area (Å²) in [5, 5.41) is 3.26. The van der Waals surface area contributed by atoms with Crippen molar-refractivity contribution >= 4 is 11.8 Å². The number of hydrogen-bond acceptors (Lipinski definition) is 6. The van der Waals surface area contributed by atoms with Gasteiger partial charge in [0.25, 0.3) is 0 Å². The molecule has 19 heavy (non-hydrogen) atoms. The summed E-state index contributed by atoms with van der Waals surface area (Å²) in [6.45, 7) is 4.30. The number of esters is 1. The van der Waals surface area contributed by atoms with Gasteiger partial charge < -0.3 is 14.8 Å². The first kappa shape index (κ1) is 13.7. The average molecular weight is 265 g/mol. The molecule has 6 heteroatoms. The second-order valence-corrected chi connectivity index (χ2v) is 4.65. The first-order valence-electron chi connectivity index (χ1n) is 6.44. The number of anilines is 1. The van der Waals surface area contributed by atoms with E-state index >= 15 is 0 Å². The maximum Gasteiger partial charge on any atom is 0.376 e. The smallest absolute Gasteiger partial charge is 0.376 e. The number of nitrogens with one attached hydrogen (secondary N) is 1. The number of rotatable bonds is 4. The first-order chi connectivity index (χ1) is 9.19. The predicted molar refractivity (Wildman–Crippen MR) is 70.1 cm³/mol. The molecule has 0 bridgehead atoms. The lowest BCUT2D eigenvalue weighted by Gasteiger charge is -2.22. The maximum absolute atomic E-state index is 11.4. The van der Waals surface area contributed by atoms with Gasteiger partial charge in [-0.25, -0.2) is 14.8 Å². The second-order valence-electron chi connectivity index (χ2n) is 4.65. The van der Waals surface area contributed by atoms with Crippen molar-refractivity contribution in [2.45, 2.75) is 19.8 Å². The molecule has 6 nitrogen and oxygen atoms in total. The third-order valence-electron chi connectivity index (χ3n) is 3.13. The third kappa shape index (κ3) is 3.89. The van der Waals surface area contributed by atoms with Crippen molar-refractivity contribution in [3.05, 3.63) is 17.6 Å². The van der Waals surface area contributed by atoms with Crippen molar-refractivity contribution in [2.75, 3.05) is 32.2 Å². The van der Waals surface area contributed by atoms with Crippen LogP contribution in [0, 0.1) is 12.8 Å². The quantitative estimate of drug-likeness (QED) is 0.830. The van der Waals surface area contributed by atoms with Crippen LogP contribution >= 0.6 is 0 Å². The fraction of sp³-hybridized carbons (Fsp3) is 0.615. The molecule has 0 radical (unpaired) electrons. The Kier molecular flexibility index (Phi) is 4.68. The molecule has 0 saturated carbocycles. The van der Waals surface area contributed by atoms with Gasteiger partial charge in [-0.15, -0.1) is 0 Å². The van der Waals surface area contributed by atoms with E-state index < -0.39 is 5.97 Å². The number of nitrogens with zero attached hydrogens (tertiary/aromatic N) is 2. The Morgan fingerprint density at radius 2 is 2.21 bits per heavy atom. The van der Waals surface area contributed by atoms with Gasteiger partial charge in [-0.05, 0) is 25.7 Å². The number of aryl methyl sites for hydroxylation is 1. The van der Waals surface area contributed by atoms with E-state index in [-0.39, 0.29) is 5.82 Å². The fourth-order valence-corrected chi connectivity index (χ4v) is 2.04. The van der Waals surface area contributed by atoms with Gasteiger partial charge in [-0.2, -0.15) is 0 Å². The van der Waals surface area contributed by atoms with Crippen LogP contribution in [0.5, 0.6) is 0 Å². The van der Waals surface area contributed by atoms with Crippen LogP contribution in [-0.4, -0.2) is 42.8 Å². The van der Waals surface area contributed by atoms with E-state index in [1.165, 1.54) is 7.11 Å². The van der Waals surface area contributed by atoms with Crippen LogP contribution in [0.2, 0.25) is 0 Å². The van der Waals surface area contributed by atoms with Gasteiger partial charge in [0.05, 0.1) is 7.11 Å². The van der Waals surface area contributed by atoms with Crippen molar-refractivity contribution in [1.29, 1.82) is 0 Å². The summed E-state index contributed by atoms with van der Waals surface area (Å²) in [6, 6.07) is 1.83. The predicted octanol–water partition coefficient (Wildman–Crippen LogP) is 1.41. The van der Waals surface area contributed by atoms with Crippen LogP contribution in [0.1, 0.15) is 29.2 Å². The molecule has 1 aromatic heterocycles. The lowest BCUT2D eigenvalue weighted by molar-refractivity contribution is 0.0586. The van der Waals surface area contributed by atoms with Crippen molar-refractivity contribution in [1.82, 2.24) is 9.97 Å². The monoisotopic (exact) mass is 265 g/mol. The molecule has 0 amide bonds. The van der Waals surface area contributed by atoms with Gasteiger partial charge in [0, 0.05) is 31.5 Å². The van der Waals surface area contributed by atoms with Crippen LogP contribution in [-0.2, 0) is 9.47 Å². The molecule has 1 aliphatic rings. The average Bonchev–Trinajstić information content (AvgIpc) is 2.45. The standard InChI is InChI=1S/C13H19N3O3/c1-9-7-11(16-12(15-9)13(17)18-2)14-8-10-3-5-19-6-4-10/h7,10H,3-6,8H2,1-2H3,(H,14,15,16). The normalized spacial score (nSPS) is 16.1. The van der Waals surface area contributed by atoms with Gasteiger partial charge in [-0.1, -0.05) is 0 Å². The Hall–Kier alpha value is -1.69. The molecule has 2 rings (SSSR count). The molecule has 1 saturated heterocycles. The topological polar surface area (TPSA) is 73.3 Å². The maximum atomic E-state index is 11.4. The van der Waals surface area contributed by atoms with Crippen molar-refractivity contribution in [2.24, 2.45) is 5.92 Å². The summed E-state index contributed by atoms with van der Waals surface area (Å²) in [5.74, 6) is 0.833. The van der Waals surface area contributed by atoms with Crippen molar-refractivity contribution in [3.63, 3.8) is 0 Å². The Balaban J connectivity index is 1.99. The van der Waals surface area contributed by atoms with E-state index in [1.54, 1.807) is 0 Å². The van der Waals surface area contributed by atoms with Crippen molar-refractivity contribution in [3.8, 4) is 0 Å². The zero-order chi connectivity index (χ0) is 13.7. The summed E-state index contributed by atoms with van der Waals surface area (Å²) in [4.78, 5) is 19.6. The van der Waals surface area contributed by atoms with Crippen LogP contribution in [0.15, 0.2) is 6.07 Å². The van der Waals surface area contributed by atoms with E-state index in [0.717, 1.165) is 38.3 Å². The number of carbonyl (C=O) groups excluding carboxylic acids is 1. The number of aromatic nitrogens is 2. The lowest BCUT2D eigenvalue weighted by atomic mass is 10.0. The molecule has 0 aliphatic carbocycles. The molecule has 1 fully saturated rings. The van der Waals surface area contributed by atoms with Gasteiger partial charge >= 0.3 is 5.97 Å². The Morgan fingerprint density at radius 1 is 1.47 bits per heavy atom. The summed E-state index contributed by atoms with van der Waals surface area (Å²) in [7, 11) is 1.32. The van der Waals surface area contributed by atoms with Crippen LogP contribution < -0.4 is 5.32 Å². The van der Waals surface area contributed by atoms with Crippen LogP contribution in [0.25, 0.3) is 0 Å². The minimum Gasteiger partial charge on any atom is -0.463 e. The number of carbonyl (C=O) groups is 1. The molecule has 104 valence electrons. The van der Waals surface area contributed by atoms with Crippen LogP contribution in [0.4, 0.5) is 5.82 Å². The van der Waals surface area contributed by atoms with E-state index in [0.29, 0.717) is 11.7 Å². The number of ether oxygens (including phenoxy) is 2. The van der Waals surface area contributed by atoms with E-state index in [2.05, 4.69) is 20.0 Å². The van der Waals surface area contributed by atoms with Crippen LogP contribution in [0.3, 0.4) is 0 Å². The molecular weight excluding hydrogens is 246 g/mol. The minimum absolute atomic E-state index is 0.0944. The third-order valence-corrected chi connectivity index (χ3v) is 3.13. The molecule has 1 aliphatic heterocycles. The Morgan fingerprint density at radius 3 is 2.89 bits per heavy atom. The highest BCUT2D eigenvalue weighted by Crippen LogP contribution is 2.16. The summed E-state index contributed by atoms with van der Waals surface area (Å²) >= 11 is 0. The van der Waals surface area contributed by atoms with Gasteiger partial charge in [0.1, 0.15) is 5.82 Å². The highest BCUT2D eigenvalue weighted by atomic mass is 16.5. The van der Waals surface area contributed by atoms with E-state index in [4.69, 9.17) is 4.74 Å². The first-order valence-corrected chi connectivity index (χ1v) is 6.44. The zero-order valence-electron chi connectivity index (χ0n) is 11.3. The minimum atomic E-state index is -0.516. The molecule has 1 aromatic rings. The SMILES string of the molecule is COC(=O)c1nc(C)cc(NCC2CCOCC2)n1. The Labute approximate surface area is 112 Å². The molecule has 2 heterocycles. The molecular formula is C13H19N3O3. The van der Waals surface area contributed by atoms with Gasteiger partial charge in [0.15, 0.2) is 0 Å². The highest BCUT2D eigenvalue weighted by Gasteiger charge is 2.15. The summed E-state index contributed by atoms with van der Waals surface area (Å²) in [6.07, 6.45) is 2.11.